The number of benzene rings is 4. The van der Waals surface area contributed by atoms with E-state index >= 15 is 0 Å². The molecule has 0 radical (unpaired) electrons. The predicted octanol–water partition coefficient (Wildman–Crippen LogP) is 7.80. The van der Waals surface area contributed by atoms with Gasteiger partial charge in [0, 0.05) is 42.9 Å². The number of aliphatic hydroxyl groups excluding tert-OH is 2. The van der Waals surface area contributed by atoms with Gasteiger partial charge < -0.3 is 33.6 Å². The maximum Gasteiger partial charge on any atom is 0.339 e. The van der Waals surface area contributed by atoms with Crippen LogP contribution in [0.3, 0.4) is 0 Å². The number of aryl methyl sites for hydroxylation is 2. The van der Waals surface area contributed by atoms with Crippen molar-refractivity contribution in [1.29, 1.82) is 0 Å². The zero-order chi connectivity index (χ0) is 44.1. The van der Waals surface area contributed by atoms with E-state index in [-0.39, 0.29) is 67.3 Å². The van der Waals surface area contributed by atoms with Crippen LogP contribution in [0.4, 0.5) is 0 Å². The van der Waals surface area contributed by atoms with Crippen LogP contribution >= 0.6 is 0 Å². The van der Waals surface area contributed by atoms with Gasteiger partial charge in [0.1, 0.15) is 11.3 Å². The zero-order valence-electron chi connectivity index (χ0n) is 36.2. The molecule has 0 fully saturated rings. The van der Waals surface area contributed by atoms with Crippen LogP contribution in [0.25, 0.3) is 11.0 Å². The number of methoxy groups -OCH3 is 1. The Balaban J connectivity index is 1.25. The van der Waals surface area contributed by atoms with Gasteiger partial charge in [0.2, 0.25) is 0 Å². The lowest BCUT2D eigenvalue weighted by molar-refractivity contribution is -0.190. The first-order valence-electron chi connectivity index (χ1n) is 21.9. The van der Waals surface area contributed by atoms with Gasteiger partial charge in [0.25, 0.3) is 0 Å². The summed E-state index contributed by atoms with van der Waals surface area (Å²) < 4.78 is 31.2. The van der Waals surface area contributed by atoms with Crippen molar-refractivity contribution in [2.24, 2.45) is 5.92 Å². The largest absolute Gasteiger partial charge is 0.482 e. The summed E-state index contributed by atoms with van der Waals surface area (Å²) in [5, 5.41) is 21.4. The molecule has 4 heterocycles. The molecule has 0 amide bonds. The first-order valence-corrected chi connectivity index (χ1v) is 21.9. The van der Waals surface area contributed by atoms with Crippen molar-refractivity contribution in [3.8, 4) is 17.6 Å². The van der Waals surface area contributed by atoms with Crippen LogP contribution in [0.1, 0.15) is 95.7 Å². The number of carbonyl (C=O) groups excluding carboxylic acids is 2. The lowest BCUT2D eigenvalue weighted by Crippen LogP contribution is -2.54. The number of ether oxygens (including phenoxy) is 4. The van der Waals surface area contributed by atoms with Gasteiger partial charge in [0.05, 0.1) is 31.8 Å². The quantitative estimate of drug-likeness (QED) is 0.0619. The molecule has 2 N–H and O–H groups in total. The van der Waals surface area contributed by atoms with E-state index < -0.39 is 42.0 Å². The fraction of sp³-hybridized carbons (Fsp3) is 0.377. The fourth-order valence-electron chi connectivity index (χ4n) is 9.34. The summed E-state index contributed by atoms with van der Waals surface area (Å²) in [6.07, 6.45) is 1.87. The van der Waals surface area contributed by atoms with Gasteiger partial charge in [-0.1, -0.05) is 84.6 Å². The van der Waals surface area contributed by atoms with Crippen LogP contribution in [0.2, 0.25) is 0 Å². The molecule has 1 aromatic heterocycles. The van der Waals surface area contributed by atoms with E-state index in [9.17, 15) is 24.6 Å². The second-order valence-corrected chi connectivity index (χ2v) is 17.3. The number of fused-ring (bicyclic) bond motifs is 7. The first-order chi connectivity index (χ1) is 30.6. The van der Waals surface area contributed by atoms with Crippen LogP contribution < -0.4 is 10.4 Å². The highest BCUT2D eigenvalue weighted by Gasteiger charge is 2.53. The molecule has 5 bridgehead atoms. The molecular formula is C53H54O10. The van der Waals surface area contributed by atoms with Crippen molar-refractivity contribution in [1.82, 2.24) is 0 Å². The standard InChI is InChI=1S/C53H54O10/c1-33(31-54)41-20-18-36-17-19-40-29-38(16-15-35-12-9-13-37(27-35)26-34-10-5-4-6-11-34)30-46(56)60-49-47-45(22-21-42-44(32-55)43(23-25-59-3)52(58)61-48(42)47)63-53(2,50(49)62-51(41)57)24-8-7-14-39(40)28-36/h4-6,9-13,17,19,21-22,27-28,38,49-50,54-55H,14-16,18,20,23-26,29-32H2,1-3H3/t38-,49+,50-,53-/m0/s1. The molecule has 63 heavy (non-hydrogen) atoms. The zero-order valence-corrected chi connectivity index (χ0v) is 36.2. The second kappa shape index (κ2) is 19.2. The van der Waals surface area contributed by atoms with Gasteiger partial charge in [-0.05, 0) is 115 Å². The van der Waals surface area contributed by atoms with E-state index in [4.69, 9.17) is 23.4 Å². The number of aliphatic hydroxyl groups is 2. The van der Waals surface area contributed by atoms with Crippen LogP contribution in [0.15, 0.2) is 105 Å². The van der Waals surface area contributed by atoms with Crippen molar-refractivity contribution in [3.63, 3.8) is 0 Å². The third-order valence-electron chi connectivity index (χ3n) is 12.8. The average molecular weight is 851 g/mol. The van der Waals surface area contributed by atoms with E-state index in [2.05, 4.69) is 66.4 Å². The highest BCUT2D eigenvalue weighted by molar-refractivity contribution is 5.90. The van der Waals surface area contributed by atoms with Gasteiger partial charge in [-0.15, -0.1) is 0 Å². The Hall–Kier alpha value is -5.99. The lowest BCUT2D eigenvalue weighted by Gasteiger charge is -2.44. The van der Waals surface area contributed by atoms with E-state index in [1.807, 2.05) is 18.2 Å². The highest BCUT2D eigenvalue weighted by atomic mass is 16.6. The number of esters is 2. The van der Waals surface area contributed by atoms with E-state index in [0.29, 0.717) is 47.8 Å². The number of hydrogen-bond acceptors (Lipinski definition) is 10. The Labute approximate surface area is 367 Å². The van der Waals surface area contributed by atoms with Gasteiger partial charge in [-0.3, -0.25) is 4.79 Å². The summed E-state index contributed by atoms with van der Waals surface area (Å²) in [5.74, 6) is 5.62. The van der Waals surface area contributed by atoms with Gasteiger partial charge in [-0.25, -0.2) is 9.59 Å². The molecule has 4 aromatic carbocycles. The molecule has 3 aliphatic rings. The summed E-state index contributed by atoms with van der Waals surface area (Å²) >= 11 is 0. The smallest absolute Gasteiger partial charge is 0.339 e. The Kier molecular flexibility index (Phi) is 13.3. The Morgan fingerprint density at radius 1 is 0.841 bits per heavy atom. The molecule has 4 atom stereocenters. The van der Waals surface area contributed by atoms with Crippen molar-refractivity contribution >= 4 is 22.9 Å². The maximum absolute atomic E-state index is 14.7. The molecule has 10 nitrogen and oxygen atoms in total. The summed E-state index contributed by atoms with van der Waals surface area (Å²) in [4.78, 5) is 42.9. The van der Waals surface area contributed by atoms with Crippen LogP contribution in [-0.2, 0) is 68.9 Å². The van der Waals surface area contributed by atoms with Gasteiger partial charge in [-0.2, -0.15) is 0 Å². The number of hydrogen-bond donors (Lipinski definition) is 2. The molecule has 8 rings (SSSR count). The monoisotopic (exact) mass is 850 g/mol. The Morgan fingerprint density at radius 3 is 2.44 bits per heavy atom. The summed E-state index contributed by atoms with van der Waals surface area (Å²) in [7, 11) is 1.53. The molecular weight excluding hydrogens is 797 g/mol. The van der Waals surface area contributed by atoms with Crippen LogP contribution in [0.5, 0.6) is 5.75 Å². The Morgan fingerprint density at radius 2 is 1.65 bits per heavy atom. The Bertz CT molecular complexity index is 2670. The summed E-state index contributed by atoms with van der Waals surface area (Å²) in [6, 6.07) is 28.7. The topological polar surface area (TPSA) is 142 Å². The number of carbonyl (C=O) groups is 2. The first kappa shape index (κ1) is 43.7. The molecule has 0 saturated carbocycles. The predicted molar refractivity (Wildman–Crippen MR) is 238 cm³/mol. The minimum absolute atomic E-state index is 0.0488. The van der Waals surface area contributed by atoms with E-state index in [1.165, 1.54) is 23.8 Å². The SMILES string of the molecule is COCCc1c(CO)c2ccc3c(c2oc1=O)[C@H]1OC(=O)C[C@@H](CCc2cccc(Cc4ccccc4)c2)Cc2ccc4cc2CC#CC[C@](C)(O3)[C@H]1OC(=O)C(=C(C)CO)CC4. The highest BCUT2D eigenvalue weighted by Crippen LogP contribution is 2.49. The van der Waals surface area contributed by atoms with Crippen molar-refractivity contribution in [2.45, 2.75) is 102 Å². The van der Waals surface area contributed by atoms with Gasteiger partial charge >= 0.3 is 17.6 Å². The number of rotatable bonds is 10. The molecule has 0 aliphatic carbocycles. The summed E-state index contributed by atoms with van der Waals surface area (Å²) in [6.45, 7) is 2.87. The van der Waals surface area contributed by atoms with E-state index in [1.54, 1.807) is 26.0 Å². The molecule has 0 spiro atoms. The minimum Gasteiger partial charge on any atom is -0.482 e. The maximum atomic E-state index is 14.7. The second-order valence-electron chi connectivity index (χ2n) is 17.3. The van der Waals surface area contributed by atoms with Crippen LogP contribution in [-0.4, -0.2) is 54.2 Å². The molecule has 5 aromatic rings. The third kappa shape index (κ3) is 9.52. The average Bonchev–Trinajstić information content (AvgIpc) is 3.27. The molecule has 326 valence electrons. The normalized spacial score (nSPS) is 21.8. The molecule has 0 saturated heterocycles. The third-order valence-corrected chi connectivity index (χ3v) is 12.8. The lowest BCUT2D eigenvalue weighted by atomic mass is 9.82. The van der Waals surface area contributed by atoms with Gasteiger partial charge in [0.15, 0.2) is 17.8 Å². The van der Waals surface area contributed by atoms with E-state index in [0.717, 1.165) is 29.5 Å². The molecule has 10 heteroatoms. The van der Waals surface area contributed by atoms with Crippen molar-refractivity contribution in [3.05, 3.63) is 157 Å². The fourth-order valence-corrected chi connectivity index (χ4v) is 9.34. The minimum atomic E-state index is -1.35. The molecule has 0 unspecified atom stereocenters. The summed E-state index contributed by atoms with van der Waals surface area (Å²) in [5.41, 5.74) is 6.43. The van der Waals surface area contributed by atoms with Crippen molar-refractivity contribution in [2.75, 3.05) is 20.3 Å². The van der Waals surface area contributed by atoms with Crippen LogP contribution in [0, 0.1) is 17.8 Å². The van der Waals surface area contributed by atoms with Crippen molar-refractivity contribution < 1.29 is 43.2 Å². The molecule has 3 aliphatic heterocycles.